The van der Waals surface area contributed by atoms with Gasteiger partial charge in [0.1, 0.15) is 56.3 Å². The Morgan fingerprint density at radius 3 is 0.500 bits per heavy atom. The second-order valence-electron chi connectivity index (χ2n) is 21.6. The third-order valence-electron chi connectivity index (χ3n) is 14.3. The molecule has 5 aromatic heterocycles. The summed E-state index contributed by atoms with van der Waals surface area (Å²) >= 11 is 0. The van der Waals surface area contributed by atoms with Crippen LogP contribution in [0.5, 0.6) is 0 Å². The van der Waals surface area contributed by atoms with Gasteiger partial charge in [0.05, 0.1) is 165 Å². The molecule has 5 N–H and O–H groups in total. The zero-order valence-corrected chi connectivity index (χ0v) is 56.9. The highest BCUT2D eigenvalue weighted by Crippen LogP contribution is 2.16. The number of nitrogens with zero attached hydrogens (tertiary/aromatic N) is 5. The van der Waals surface area contributed by atoms with Crippen LogP contribution in [0.3, 0.4) is 0 Å². The predicted octanol–water partition coefficient (Wildman–Crippen LogP) is 0.468. The molecule has 0 atom stereocenters. The Labute approximate surface area is 574 Å². The number of hydrogen-bond acceptors (Lipinski definition) is 25. The summed E-state index contributed by atoms with van der Waals surface area (Å²) in [6, 6.07) is 0. The van der Waals surface area contributed by atoms with Crippen molar-refractivity contribution >= 4 is 58.0 Å². The average Bonchev–Trinajstić information content (AvgIpc) is 0.831. The SMILES string of the molecule is COCCOCCOCCn1cc2c(=O)c(c1)C(=O)Nc1cn(CCOCCOCCOC)cc(c1=O)C(=O)Nc1cn(CCOCCOCCOC)cc(c1=O)C(=O)Nc1cn(CCOCCOCCOC)cc(c1=O)C(=O)Nc1cn(CCOCCOCCOC)cc(c1=O)C(=O)N2. The van der Waals surface area contributed by atoms with Gasteiger partial charge >= 0.3 is 0 Å². The van der Waals surface area contributed by atoms with Gasteiger partial charge in [0.25, 0.3) is 29.5 Å². The van der Waals surface area contributed by atoms with Gasteiger partial charge in [0.15, 0.2) is 0 Å². The van der Waals surface area contributed by atoms with Gasteiger partial charge in [-0.25, -0.2) is 0 Å². The fraction of sp³-hybridized carbons (Fsp3) is 0.538. The third-order valence-corrected chi connectivity index (χ3v) is 14.3. The Morgan fingerprint density at radius 1 is 0.210 bits per heavy atom. The van der Waals surface area contributed by atoms with Crippen molar-refractivity contribution in [1.82, 2.24) is 22.8 Å². The van der Waals surface area contributed by atoms with Crippen molar-refractivity contribution in [2.24, 2.45) is 0 Å². The molecular weight excluding hydrogens is 1320 g/mol. The molecule has 35 nitrogen and oxygen atoms in total. The minimum absolute atomic E-state index is 0.0358. The van der Waals surface area contributed by atoms with Crippen LogP contribution in [0.25, 0.3) is 0 Å². The van der Waals surface area contributed by atoms with Gasteiger partial charge in [0.2, 0.25) is 27.1 Å². The standard InChI is InChI=1S/C65H90N10O25/c1-86-16-21-96-31-26-91-11-6-71-36-46-56(76)51(41-71)66-62(82)47-37-72(7-12-92-27-32-97-22-17-87-2)43-53(57(47)77)68-64(84)49-39-74(9-14-94-29-34-99-24-19-89-4)45-55(59(49)79)70-65(85)50-40-75(10-15-95-30-35-100-25-20-90-5)44-54(60(50)80)69-63(83)48-38-73(42-52(58(48)78)67-61(46)81)8-13-93-28-33-98-23-18-88-3/h36-45H,6-35H2,1-5H3,(H,66,82)(H,67,81)(H,68,84)(H,69,83)(H,70,85). The molecule has 0 saturated carbocycles. The third kappa shape index (κ3) is 26.9. The Morgan fingerprint density at radius 2 is 0.350 bits per heavy atom. The van der Waals surface area contributed by atoms with E-state index < -0.39 is 113 Å². The van der Waals surface area contributed by atoms with E-state index >= 15 is 0 Å². The number of methoxy groups -OCH3 is 5. The van der Waals surface area contributed by atoms with Gasteiger partial charge in [-0.15, -0.1) is 0 Å². The maximum atomic E-state index is 14.7. The molecule has 0 saturated heterocycles. The van der Waals surface area contributed by atoms with Crippen LogP contribution in [0.1, 0.15) is 51.8 Å². The van der Waals surface area contributed by atoms with Crippen LogP contribution in [-0.4, -0.2) is 253 Å². The van der Waals surface area contributed by atoms with E-state index in [1.807, 2.05) is 0 Å². The summed E-state index contributed by atoms with van der Waals surface area (Å²) in [5, 5.41) is 12.3. The number of fused-ring (bicyclic) bond motifs is 10. The van der Waals surface area contributed by atoms with E-state index in [9.17, 15) is 47.9 Å². The normalized spacial score (nSPS) is 12.8. The van der Waals surface area contributed by atoms with Crippen molar-refractivity contribution in [1.29, 1.82) is 0 Å². The molecule has 5 aromatic rings. The summed E-state index contributed by atoms with van der Waals surface area (Å²) in [6.45, 7) is 4.33. The van der Waals surface area contributed by atoms with E-state index in [0.717, 1.165) is 31.0 Å². The average molecular weight is 1410 g/mol. The number of carbonyl (C=O) groups excluding carboxylic acids is 5. The summed E-state index contributed by atoms with van der Waals surface area (Å²) in [7, 11) is 7.63. The fourth-order valence-electron chi connectivity index (χ4n) is 9.17. The van der Waals surface area contributed by atoms with Crippen molar-refractivity contribution < 1.29 is 95.0 Å². The van der Waals surface area contributed by atoms with Crippen LogP contribution < -0.4 is 53.7 Å². The zero-order chi connectivity index (χ0) is 71.9. The Bertz CT molecular complexity index is 3180. The zero-order valence-electron chi connectivity index (χ0n) is 56.9. The highest BCUT2D eigenvalue weighted by atomic mass is 16.6. The van der Waals surface area contributed by atoms with Gasteiger partial charge in [-0.05, 0) is 0 Å². The lowest BCUT2D eigenvalue weighted by Gasteiger charge is -2.16. The lowest BCUT2D eigenvalue weighted by molar-refractivity contribution is 0.0230. The van der Waals surface area contributed by atoms with Crippen LogP contribution in [0.4, 0.5) is 28.4 Å². The molecule has 0 aromatic carbocycles. The number of anilines is 5. The second kappa shape index (κ2) is 45.3. The second-order valence-corrected chi connectivity index (χ2v) is 21.6. The Hall–Kier alpha value is -8.50. The minimum atomic E-state index is -1.21. The maximum absolute atomic E-state index is 14.7. The highest BCUT2D eigenvalue weighted by molar-refractivity contribution is 6.11. The first-order chi connectivity index (χ1) is 48.6. The van der Waals surface area contributed by atoms with Gasteiger partial charge in [-0.2, -0.15) is 0 Å². The van der Waals surface area contributed by atoms with Crippen molar-refractivity contribution in [2.45, 2.75) is 32.7 Å². The van der Waals surface area contributed by atoms with Crippen LogP contribution in [0.2, 0.25) is 0 Å². The van der Waals surface area contributed by atoms with Crippen LogP contribution in [0.15, 0.2) is 85.9 Å². The number of carbonyl (C=O) groups is 5. The number of amides is 5. The van der Waals surface area contributed by atoms with Crippen molar-refractivity contribution in [3.05, 3.63) is 141 Å². The van der Waals surface area contributed by atoms with Crippen molar-refractivity contribution in [3.8, 4) is 0 Å². The van der Waals surface area contributed by atoms with Crippen LogP contribution in [0, 0.1) is 0 Å². The molecule has 6 heterocycles. The molecule has 0 unspecified atom stereocenters. The van der Waals surface area contributed by atoms with E-state index in [-0.39, 0.29) is 132 Å². The number of nitrogens with one attached hydrogen (secondary N) is 5. The summed E-state index contributed by atoms with van der Waals surface area (Å²) in [6.07, 6.45) is 11.6. The van der Waals surface area contributed by atoms with E-state index in [0.29, 0.717) is 66.1 Å². The fourth-order valence-corrected chi connectivity index (χ4v) is 9.17. The summed E-state index contributed by atoms with van der Waals surface area (Å²) in [5.74, 6) is -6.05. The maximum Gasteiger partial charge on any atom is 0.261 e. The first-order valence-electron chi connectivity index (χ1n) is 32.1. The lowest BCUT2D eigenvalue weighted by Crippen LogP contribution is -2.33. The molecule has 0 aliphatic carbocycles. The first kappa shape index (κ1) is 80.5. The highest BCUT2D eigenvalue weighted by Gasteiger charge is 2.27. The largest absolute Gasteiger partial charge is 0.382 e. The summed E-state index contributed by atoms with van der Waals surface area (Å²) in [4.78, 5) is 147. The minimum Gasteiger partial charge on any atom is -0.382 e. The Balaban J connectivity index is 1.52. The first-order valence-corrected chi connectivity index (χ1v) is 32.1. The molecule has 35 heteroatoms. The number of ether oxygens (including phenoxy) is 15. The summed E-state index contributed by atoms with van der Waals surface area (Å²) < 4.78 is 88.1. The number of hydrogen-bond donors (Lipinski definition) is 5. The van der Waals surface area contributed by atoms with Gasteiger partial charge in [0, 0.05) is 130 Å². The van der Waals surface area contributed by atoms with Crippen molar-refractivity contribution in [2.75, 3.05) is 227 Å². The molecule has 100 heavy (non-hydrogen) atoms. The Kier molecular flexibility index (Phi) is 36.5. The number of pyridine rings is 5. The smallest absolute Gasteiger partial charge is 0.261 e. The topological polar surface area (TPSA) is 394 Å². The van der Waals surface area contributed by atoms with E-state index in [2.05, 4.69) is 26.6 Å². The van der Waals surface area contributed by atoms with E-state index in [1.165, 1.54) is 89.4 Å². The lowest BCUT2D eigenvalue weighted by atomic mass is 10.1. The molecule has 10 bridgehead atoms. The number of rotatable bonds is 45. The monoisotopic (exact) mass is 1410 g/mol. The van der Waals surface area contributed by atoms with Crippen molar-refractivity contribution in [3.63, 3.8) is 0 Å². The summed E-state index contributed by atoms with van der Waals surface area (Å²) in [5.41, 5.74) is -11.6. The van der Waals surface area contributed by atoms with Gasteiger partial charge < -0.3 is 120 Å². The van der Waals surface area contributed by atoms with Crippen LogP contribution >= 0.6 is 0 Å². The number of aromatic nitrogens is 5. The van der Waals surface area contributed by atoms with E-state index in [1.54, 1.807) is 0 Å². The molecular formula is C65H90N10O25. The molecule has 0 spiro atoms. The molecule has 1 aliphatic heterocycles. The molecule has 550 valence electrons. The molecule has 1 aliphatic rings. The predicted molar refractivity (Wildman–Crippen MR) is 361 cm³/mol. The molecule has 0 fully saturated rings. The quantitative estimate of drug-likeness (QED) is 0.0331. The van der Waals surface area contributed by atoms with Gasteiger partial charge in [-0.3, -0.25) is 47.9 Å². The molecule has 5 amide bonds. The molecule has 6 rings (SSSR count). The molecule has 0 radical (unpaired) electrons. The van der Waals surface area contributed by atoms with Gasteiger partial charge in [-0.1, -0.05) is 0 Å². The van der Waals surface area contributed by atoms with Crippen LogP contribution in [-0.2, 0) is 104 Å². The van der Waals surface area contributed by atoms with E-state index in [4.69, 9.17) is 71.1 Å².